The summed E-state index contributed by atoms with van der Waals surface area (Å²) in [6.45, 7) is 8.26. The van der Waals surface area contributed by atoms with E-state index >= 15 is 0 Å². The maximum atomic E-state index is 10.5. The van der Waals surface area contributed by atoms with Gasteiger partial charge in [0.25, 0.3) is 0 Å². The van der Waals surface area contributed by atoms with Crippen LogP contribution in [0.25, 0.3) is 0 Å². The van der Waals surface area contributed by atoms with Gasteiger partial charge in [-0.25, -0.2) is 0 Å². The lowest BCUT2D eigenvalue weighted by Gasteiger charge is -2.30. The molecular weight excluding hydrogens is 184 g/mol. The molecule has 1 aromatic carbocycles. The molecule has 1 rings (SSSR count). The quantitative estimate of drug-likeness (QED) is 0.799. The number of rotatable bonds is 4. The summed E-state index contributed by atoms with van der Waals surface area (Å²) in [5.41, 5.74) is 1.62. The molecule has 1 heteroatoms. The van der Waals surface area contributed by atoms with Crippen molar-refractivity contribution in [2.24, 2.45) is 5.92 Å². The van der Waals surface area contributed by atoms with E-state index in [1.165, 1.54) is 5.56 Å². The number of aryl methyl sites for hydroxylation is 1. The number of aliphatic hydroxyl groups is 1. The Labute approximate surface area is 93.1 Å². The molecule has 0 heterocycles. The van der Waals surface area contributed by atoms with Crippen LogP contribution in [0.4, 0.5) is 0 Å². The summed E-state index contributed by atoms with van der Waals surface area (Å²) in [5, 5.41) is 10.5. The third kappa shape index (κ3) is 2.60. The predicted octanol–water partition coefficient (Wildman–Crippen LogP) is 3.50. The van der Waals surface area contributed by atoms with Gasteiger partial charge in [-0.05, 0) is 30.4 Å². The van der Waals surface area contributed by atoms with Gasteiger partial charge in [0.2, 0.25) is 0 Å². The molecular formula is C14H22O. The smallest absolute Gasteiger partial charge is 0.0893 e. The highest BCUT2D eigenvalue weighted by atomic mass is 16.3. The van der Waals surface area contributed by atoms with Gasteiger partial charge in [0.1, 0.15) is 0 Å². The van der Waals surface area contributed by atoms with Crippen molar-refractivity contribution in [1.82, 2.24) is 0 Å². The van der Waals surface area contributed by atoms with Crippen molar-refractivity contribution < 1.29 is 5.11 Å². The Balaban J connectivity index is 3.03. The van der Waals surface area contributed by atoms with Crippen molar-refractivity contribution in [3.63, 3.8) is 0 Å². The van der Waals surface area contributed by atoms with Crippen molar-refractivity contribution in [2.75, 3.05) is 0 Å². The van der Waals surface area contributed by atoms with Gasteiger partial charge in [0.05, 0.1) is 5.60 Å². The van der Waals surface area contributed by atoms with Gasteiger partial charge in [-0.1, -0.05) is 51.5 Å². The van der Waals surface area contributed by atoms with Crippen LogP contribution < -0.4 is 0 Å². The molecule has 0 spiro atoms. The van der Waals surface area contributed by atoms with Crippen LogP contribution in [-0.4, -0.2) is 5.11 Å². The lowest BCUT2D eigenvalue weighted by Crippen LogP contribution is -2.29. The standard InChI is InChI=1S/C14H22O/c1-5-11(3)14(4,15)13-9-7-8-12(6-2)10-13/h7-11,15H,5-6H2,1-4H3. The van der Waals surface area contributed by atoms with E-state index in [1.807, 2.05) is 19.1 Å². The summed E-state index contributed by atoms with van der Waals surface area (Å²) in [6, 6.07) is 8.28. The molecule has 1 nitrogen and oxygen atoms in total. The first-order valence-electron chi connectivity index (χ1n) is 5.84. The molecule has 2 atom stereocenters. The zero-order valence-corrected chi connectivity index (χ0v) is 10.2. The molecule has 15 heavy (non-hydrogen) atoms. The van der Waals surface area contributed by atoms with Gasteiger partial charge in [-0.2, -0.15) is 0 Å². The lowest BCUT2D eigenvalue weighted by molar-refractivity contribution is -0.0000402. The van der Waals surface area contributed by atoms with E-state index in [4.69, 9.17) is 0 Å². The molecule has 0 aromatic heterocycles. The number of hydrogen-bond donors (Lipinski definition) is 1. The molecule has 0 bridgehead atoms. The van der Waals surface area contributed by atoms with Gasteiger partial charge in [-0.3, -0.25) is 0 Å². The minimum atomic E-state index is -0.708. The number of benzene rings is 1. The SMILES string of the molecule is CCc1cccc(C(C)(O)C(C)CC)c1. The molecule has 0 amide bonds. The van der Waals surface area contributed by atoms with E-state index in [0.29, 0.717) is 0 Å². The van der Waals surface area contributed by atoms with Crippen LogP contribution in [0.1, 0.15) is 45.2 Å². The average Bonchev–Trinajstić information content (AvgIpc) is 2.27. The van der Waals surface area contributed by atoms with Crippen molar-refractivity contribution >= 4 is 0 Å². The second-order valence-corrected chi connectivity index (χ2v) is 4.51. The minimum absolute atomic E-state index is 0.282. The second-order valence-electron chi connectivity index (χ2n) is 4.51. The zero-order chi connectivity index (χ0) is 11.5. The van der Waals surface area contributed by atoms with E-state index in [1.54, 1.807) is 0 Å². The summed E-state index contributed by atoms with van der Waals surface area (Å²) in [6.07, 6.45) is 2.01. The van der Waals surface area contributed by atoms with Crippen molar-refractivity contribution in [3.8, 4) is 0 Å². The third-order valence-electron chi connectivity index (χ3n) is 3.49. The Morgan fingerprint density at radius 2 is 2.00 bits per heavy atom. The number of hydrogen-bond acceptors (Lipinski definition) is 1. The van der Waals surface area contributed by atoms with Crippen LogP contribution in [-0.2, 0) is 12.0 Å². The Morgan fingerprint density at radius 1 is 1.33 bits per heavy atom. The van der Waals surface area contributed by atoms with E-state index in [2.05, 4.69) is 32.9 Å². The van der Waals surface area contributed by atoms with Crippen molar-refractivity contribution in [1.29, 1.82) is 0 Å². The Kier molecular flexibility index (Phi) is 3.92. The van der Waals surface area contributed by atoms with Gasteiger partial charge in [0.15, 0.2) is 0 Å². The third-order valence-corrected chi connectivity index (χ3v) is 3.49. The molecule has 0 radical (unpaired) electrons. The fourth-order valence-corrected chi connectivity index (χ4v) is 1.79. The summed E-state index contributed by atoms with van der Waals surface area (Å²) in [7, 11) is 0. The molecule has 0 saturated heterocycles. The Hall–Kier alpha value is -0.820. The van der Waals surface area contributed by atoms with Crippen LogP contribution in [0.5, 0.6) is 0 Å². The normalized spacial score (nSPS) is 17.1. The van der Waals surface area contributed by atoms with Crippen LogP contribution in [0.15, 0.2) is 24.3 Å². The Morgan fingerprint density at radius 3 is 2.53 bits per heavy atom. The minimum Gasteiger partial charge on any atom is -0.385 e. The second kappa shape index (κ2) is 4.80. The molecule has 84 valence electrons. The topological polar surface area (TPSA) is 20.2 Å². The zero-order valence-electron chi connectivity index (χ0n) is 10.2. The van der Waals surface area contributed by atoms with Gasteiger partial charge in [-0.15, -0.1) is 0 Å². The van der Waals surface area contributed by atoms with Crippen LogP contribution in [0.2, 0.25) is 0 Å². The average molecular weight is 206 g/mol. The lowest BCUT2D eigenvalue weighted by atomic mass is 9.82. The van der Waals surface area contributed by atoms with Crippen molar-refractivity contribution in [3.05, 3.63) is 35.4 Å². The summed E-state index contributed by atoms with van der Waals surface area (Å²) >= 11 is 0. The largest absolute Gasteiger partial charge is 0.385 e. The maximum Gasteiger partial charge on any atom is 0.0893 e. The summed E-state index contributed by atoms with van der Waals surface area (Å²) in [5.74, 6) is 0.282. The molecule has 1 aromatic rings. The van der Waals surface area contributed by atoms with Crippen LogP contribution in [0, 0.1) is 5.92 Å². The molecule has 0 aliphatic heterocycles. The summed E-state index contributed by atoms with van der Waals surface area (Å²) < 4.78 is 0. The maximum absolute atomic E-state index is 10.5. The first-order chi connectivity index (χ1) is 7.02. The van der Waals surface area contributed by atoms with E-state index in [0.717, 1.165) is 18.4 Å². The fraction of sp³-hybridized carbons (Fsp3) is 0.571. The summed E-state index contributed by atoms with van der Waals surface area (Å²) in [4.78, 5) is 0. The molecule has 0 fully saturated rings. The Bertz CT molecular complexity index is 315. The molecule has 2 unspecified atom stereocenters. The van der Waals surface area contributed by atoms with E-state index in [9.17, 15) is 5.11 Å². The fourth-order valence-electron chi connectivity index (χ4n) is 1.79. The first-order valence-corrected chi connectivity index (χ1v) is 5.84. The monoisotopic (exact) mass is 206 g/mol. The highest BCUT2D eigenvalue weighted by molar-refractivity contribution is 5.28. The van der Waals surface area contributed by atoms with Gasteiger partial charge in [0, 0.05) is 0 Å². The first kappa shape index (κ1) is 12.3. The molecule has 0 aliphatic rings. The molecule has 0 aliphatic carbocycles. The molecule has 0 saturated carbocycles. The van der Waals surface area contributed by atoms with E-state index < -0.39 is 5.60 Å². The van der Waals surface area contributed by atoms with E-state index in [-0.39, 0.29) is 5.92 Å². The molecule has 1 N–H and O–H groups in total. The van der Waals surface area contributed by atoms with Crippen LogP contribution >= 0.6 is 0 Å². The van der Waals surface area contributed by atoms with Gasteiger partial charge >= 0.3 is 0 Å². The highest BCUT2D eigenvalue weighted by Gasteiger charge is 2.28. The van der Waals surface area contributed by atoms with Crippen molar-refractivity contribution in [2.45, 2.75) is 46.1 Å². The van der Waals surface area contributed by atoms with Crippen LogP contribution in [0.3, 0.4) is 0 Å². The van der Waals surface area contributed by atoms with Gasteiger partial charge < -0.3 is 5.11 Å². The highest BCUT2D eigenvalue weighted by Crippen LogP contribution is 2.31. The predicted molar refractivity (Wildman–Crippen MR) is 64.8 cm³/mol.